The summed E-state index contributed by atoms with van der Waals surface area (Å²) in [7, 11) is 0. The van der Waals surface area contributed by atoms with Gasteiger partial charge < -0.3 is 15.0 Å². The Kier molecular flexibility index (Phi) is 4.91. The third-order valence-electron chi connectivity index (χ3n) is 5.95. The lowest BCUT2D eigenvalue weighted by atomic mass is 9.92. The second-order valence-electron chi connectivity index (χ2n) is 8.21. The van der Waals surface area contributed by atoms with Crippen molar-refractivity contribution in [2.75, 3.05) is 29.9 Å². The number of halogens is 3. The lowest BCUT2D eigenvalue weighted by Gasteiger charge is -2.37. The van der Waals surface area contributed by atoms with Gasteiger partial charge in [-0.05, 0) is 50.7 Å². The highest BCUT2D eigenvalue weighted by molar-refractivity contribution is 7.09. The van der Waals surface area contributed by atoms with Crippen LogP contribution in [0.5, 0.6) is 5.75 Å². The molecule has 1 saturated heterocycles. The first-order valence-electron chi connectivity index (χ1n) is 10.1. The molecule has 1 aliphatic carbocycles. The molecule has 2 bridgehead atoms. The predicted octanol–water partition coefficient (Wildman–Crippen LogP) is 3.47. The SMILES string of the molecule is Cc1nsc(N2CC3CCC(C2)C3Nc2nc3c(OCC(F)(F)F)ccc(C)n3n2)n1. The van der Waals surface area contributed by atoms with Crippen molar-refractivity contribution in [1.29, 1.82) is 0 Å². The number of pyridine rings is 1. The zero-order valence-electron chi connectivity index (χ0n) is 17.1. The van der Waals surface area contributed by atoms with Crippen LogP contribution in [-0.2, 0) is 0 Å². The topological polar surface area (TPSA) is 80.5 Å². The Balaban J connectivity index is 1.34. The molecule has 2 atom stereocenters. The Morgan fingerprint density at radius 2 is 1.90 bits per heavy atom. The van der Waals surface area contributed by atoms with Crippen LogP contribution in [0.1, 0.15) is 24.4 Å². The molecule has 12 heteroatoms. The molecule has 1 aliphatic heterocycles. The maximum atomic E-state index is 12.6. The highest BCUT2D eigenvalue weighted by Crippen LogP contribution is 2.40. The normalized spacial score (nSPS) is 23.5. The van der Waals surface area contributed by atoms with Gasteiger partial charge in [0.25, 0.3) is 0 Å². The molecule has 1 N–H and O–H groups in total. The highest BCUT2D eigenvalue weighted by atomic mass is 32.1. The third-order valence-corrected chi connectivity index (χ3v) is 6.81. The molecule has 3 aromatic rings. The van der Waals surface area contributed by atoms with Crippen LogP contribution in [0.2, 0.25) is 0 Å². The summed E-state index contributed by atoms with van der Waals surface area (Å²) in [6.07, 6.45) is -2.21. The van der Waals surface area contributed by atoms with Crippen molar-refractivity contribution in [3.05, 3.63) is 23.7 Å². The fourth-order valence-corrected chi connectivity index (χ4v) is 5.26. The minimum Gasteiger partial charge on any atom is -0.480 e. The van der Waals surface area contributed by atoms with E-state index >= 15 is 0 Å². The predicted molar refractivity (Wildman–Crippen MR) is 110 cm³/mol. The van der Waals surface area contributed by atoms with Crippen LogP contribution in [-0.4, -0.2) is 55.9 Å². The number of ether oxygens (including phenoxy) is 1. The van der Waals surface area contributed by atoms with Crippen LogP contribution in [0.15, 0.2) is 12.1 Å². The number of aryl methyl sites for hydroxylation is 2. The van der Waals surface area contributed by atoms with Gasteiger partial charge in [0.05, 0.1) is 0 Å². The molecule has 166 valence electrons. The van der Waals surface area contributed by atoms with E-state index in [4.69, 9.17) is 4.74 Å². The first-order chi connectivity index (χ1) is 14.8. The standard InChI is InChI=1S/C19H22F3N7OS/c1-10-3-6-14(30-9-19(20,21)22)16-25-17(26-29(10)16)24-15-12-4-5-13(15)8-28(7-12)18-23-11(2)27-31-18/h3,6,12-13,15H,4-5,7-9H2,1-2H3,(H,24,26). The number of rotatable bonds is 5. The monoisotopic (exact) mass is 453 g/mol. The van der Waals surface area contributed by atoms with E-state index in [2.05, 4.69) is 29.7 Å². The minimum absolute atomic E-state index is 0.0629. The fourth-order valence-electron chi connectivity index (χ4n) is 4.57. The second-order valence-corrected chi connectivity index (χ2v) is 8.94. The smallest absolute Gasteiger partial charge is 0.422 e. The summed E-state index contributed by atoms with van der Waals surface area (Å²) in [4.78, 5) is 11.3. The van der Waals surface area contributed by atoms with E-state index in [-0.39, 0.29) is 17.4 Å². The number of nitrogens with one attached hydrogen (secondary N) is 1. The quantitative estimate of drug-likeness (QED) is 0.634. The maximum absolute atomic E-state index is 12.6. The second kappa shape index (κ2) is 7.50. The van der Waals surface area contributed by atoms with Crippen molar-refractivity contribution in [2.24, 2.45) is 11.8 Å². The minimum atomic E-state index is -4.42. The van der Waals surface area contributed by atoms with Gasteiger partial charge in [0, 0.05) is 36.4 Å². The number of nitrogens with zero attached hydrogens (tertiary/aromatic N) is 6. The van der Waals surface area contributed by atoms with Crippen molar-refractivity contribution < 1.29 is 17.9 Å². The van der Waals surface area contributed by atoms with Gasteiger partial charge in [-0.15, -0.1) is 5.10 Å². The molecular formula is C19H22F3N7OS. The van der Waals surface area contributed by atoms with Crippen molar-refractivity contribution in [2.45, 2.75) is 38.9 Å². The van der Waals surface area contributed by atoms with E-state index in [0.717, 1.165) is 42.6 Å². The van der Waals surface area contributed by atoms with Crippen molar-refractivity contribution in [1.82, 2.24) is 24.0 Å². The van der Waals surface area contributed by atoms with Gasteiger partial charge in [-0.1, -0.05) is 0 Å². The number of aromatic nitrogens is 5. The Morgan fingerprint density at radius 1 is 1.16 bits per heavy atom. The van der Waals surface area contributed by atoms with E-state index in [0.29, 0.717) is 17.8 Å². The van der Waals surface area contributed by atoms with Gasteiger partial charge in [0.1, 0.15) is 5.82 Å². The Labute approximate surface area is 180 Å². The Bertz CT molecular complexity index is 1080. The Hall–Kier alpha value is -2.63. The highest BCUT2D eigenvalue weighted by Gasteiger charge is 2.43. The van der Waals surface area contributed by atoms with Crippen LogP contribution in [0.25, 0.3) is 5.65 Å². The van der Waals surface area contributed by atoms with Gasteiger partial charge in [-0.25, -0.2) is 9.50 Å². The average molecular weight is 453 g/mol. The summed E-state index contributed by atoms with van der Waals surface area (Å²) in [5, 5.41) is 8.90. The first kappa shape index (κ1) is 20.3. The summed E-state index contributed by atoms with van der Waals surface area (Å²) >= 11 is 1.43. The van der Waals surface area contributed by atoms with E-state index in [9.17, 15) is 13.2 Å². The molecule has 0 spiro atoms. The molecule has 1 saturated carbocycles. The van der Waals surface area contributed by atoms with Crippen molar-refractivity contribution in [3.63, 3.8) is 0 Å². The number of fused-ring (bicyclic) bond motifs is 3. The molecule has 8 nitrogen and oxygen atoms in total. The largest absolute Gasteiger partial charge is 0.480 e. The fraction of sp³-hybridized carbons (Fsp3) is 0.579. The molecule has 2 fully saturated rings. The molecular weight excluding hydrogens is 431 g/mol. The zero-order valence-corrected chi connectivity index (χ0v) is 17.9. The van der Waals surface area contributed by atoms with E-state index in [1.807, 2.05) is 13.8 Å². The van der Waals surface area contributed by atoms with E-state index in [1.165, 1.54) is 22.1 Å². The van der Waals surface area contributed by atoms with Crippen LogP contribution in [0, 0.1) is 25.7 Å². The lowest BCUT2D eigenvalue weighted by molar-refractivity contribution is -0.153. The van der Waals surface area contributed by atoms with E-state index < -0.39 is 12.8 Å². The van der Waals surface area contributed by atoms with Gasteiger partial charge in [0.2, 0.25) is 11.1 Å². The number of anilines is 2. The molecule has 31 heavy (non-hydrogen) atoms. The summed E-state index contributed by atoms with van der Waals surface area (Å²) in [5.74, 6) is 2.09. The van der Waals surface area contributed by atoms with Crippen LogP contribution >= 0.6 is 11.5 Å². The van der Waals surface area contributed by atoms with E-state index in [1.54, 1.807) is 6.07 Å². The summed E-state index contributed by atoms with van der Waals surface area (Å²) < 4.78 is 48.6. The summed E-state index contributed by atoms with van der Waals surface area (Å²) in [6, 6.07) is 3.38. The maximum Gasteiger partial charge on any atom is 0.422 e. The molecule has 3 aromatic heterocycles. The first-order valence-corrected chi connectivity index (χ1v) is 10.9. The molecule has 2 aliphatic rings. The van der Waals surface area contributed by atoms with Crippen molar-refractivity contribution in [3.8, 4) is 5.75 Å². The summed E-state index contributed by atoms with van der Waals surface area (Å²) in [6.45, 7) is 4.12. The van der Waals surface area contributed by atoms with Crippen LogP contribution in [0.4, 0.5) is 24.3 Å². The molecule has 4 heterocycles. The lowest BCUT2D eigenvalue weighted by Crippen LogP contribution is -2.48. The number of hydrogen-bond acceptors (Lipinski definition) is 8. The average Bonchev–Trinajstić information content (AvgIpc) is 3.38. The van der Waals surface area contributed by atoms with Gasteiger partial charge >= 0.3 is 6.18 Å². The molecule has 5 rings (SSSR count). The third kappa shape index (κ3) is 4.00. The van der Waals surface area contributed by atoms with Crippen LogP contribution in [0.3, 0.4) is 0 Å². The van der Waals surface area contributed by atoms with Gasteiger partial charge in [0.15, 0.2) is 18.0 Å². The van der Waals surface area contributed by atoms with Crippen molar-refractivity contribution >= 4 is 28.3 Å². The molecule has 0 amide bonds. The summed E-state index contributed by atoms with van der Waals surface area (Å²) in [5.41, 5.74) is 1.04. The zero-order chi connectivity index (χ0) is 21.8. The molecule has 0 radical (unpaired) electrons. The van der Waals surface area contributed by atoms with Gasteiger partial charge in [-0.3, -0.25) is 0 Å². The number of piperidine rings is 1. The molecule has 0 aromatic carbocycles. The number of hydrogen-bond donors (Lipinski definition) is 1. The van der Waals surface area contributed by atoms with Crippen LogP contribution < -0.4 is 15.0 Å². The molecule has 2 unspecified atom stereocenters. The number of alkyl halides is 3. The van der Waals surface area contributed by atoms with Gasteiger partial charge in [-0.2, -0.15) is 22.5 Å². The Morgan fingerprint density at radius 3 is 2.55 bits per heavy atom.